The summed E-state index contributed by atoms with van der Waals surface area (Å²) in [7, 11) is 0. The molecule has 0 heterocycles. The third-order valence-corrected chi connectivity index (χ3v) is 9.75. The molecular weight excluding hydrogens is 567 g/mol. The van der Waals surface area contributed by atoms with Gasteiger partial charge in [0.2, 0.25) is 0 Å². The molecule has 0 saturated carbocycles. The summed E-state index contributed by atoms with van der Waals surface area (Å²) in [5, 5.41) is 10.4. The maximum atomic E-state index is 2.42. The zero-order chi connectivity index (χ0) is 31.2. The van der Waals surface area contributed by atoms with Crippen molar-refractivity contribution >= 4 is 60.0 Å². The van der Waals surface area contributed by atoms with Crippen LogP contribution in [-0.4, -0.2) is 0 Å². The third-order valence-electron chi connectivity index (χ3n) is 9.75. The molecule has 0 bridgehead atoms. The van der Waals surface area contributed by atoms with Crippen LogP contribution in [0, 0.1) is 0 Å². The van der Waals surface area contributed by atoms with Crippen LogP contribution in [0.15, 0.2) is 182 Å². The number of benzene rings is 8. The molecule has 0 spiro atoms. The average molecular weight is 600 g/mol. The summed E-state index contributed by atoms with van der Waals surface area (Å²) in [5.74, 6) is 0. The highest BCUT2D eigenvalue weighted by atomic mass is 15.1. The van der Waals surface area contributed by atoms with Gasteiger partial charge in [0.25, 0.3) is 0 Å². The second-order valence-electron chi connectivity index (χ2n) is 12.4. The van der Waals surface area contributed by atoms with E-state index in [0.717, 1.165) is 12.8 Å². The van der Waals surface area contributed by atoms with Crippen molar-refractivity contribution < 1.29 is 0 Å². The molecule has 1 aliphatic rings. The van der Waals surface area contributed by atoms with Crippen LogP contribution in [0.3, 0.4) is 0 Å². The van der Waals surface area contributed by atoms with Gasteiger partial charge in [-0.2, -0.15) is 0 Å². The van der Waals surface area contributed by atoms with Crippen molar-refractivity contribution in [2.45, 2.75) is 12.8 Å². The third kappa shape index (κ3) is 4.80. The van der Waals surface area contributed by atoms with Crippen molar-refractivity contribution in [2.75, 3.05) is 4.90 Å². The Labute approximate surface area is 275 Å². The molecule has 0 saturated heterocycles. The largest absolute Gasteiger partial charge is 0.314 e. The van der Waals surface area contributed by atoms with E-state index in [1.54, 1.807) is 0 Å². The molecular formula is C46H33N. The lowest BCUT2D eigenvalue weighted by atomic mass is 9.89. The lowest BCUT2D eigenvalue weighted by Gasteiger charge is -2.30. The zero-order valence-electron chi connectivity index (χ0n) is 26.1. The number of hydrogen-bond donors (Lipinski definition) is 0. The first-order valence-corrected chi connectivity index (χ1v) is 16.5. The van der Waals surface area contributed by atoms with Crippen molar-refractivity contribution in [1.82, 2.24) is 0 Å². The monoisotopic (exact) mass is 599 g/mol. The van der Waals surface area contributed by atoms with Gasteiger partial charge in [-0.25, -0.2) is 0 Å². The van der Waals surface area contributed by atoms with Gasteiger partial charge in [0, 0.05) is 17.1 Å². The summed E-state index contributed by atoms with van der Waals surface area (Å²) in [4.78, 5) is 2.42. The topological polar surface area (TPSA) is 3.24 Å². The molecule has 8 aromatic carbocycles. The number of nitrogens with zero attached hydrogens (tertiary/aromatic N) is 1. The number of fused-ring (bicyclic) bond motifs is 6. The highest BCUT2D eigenvalue weighted by Gasteiger charge is 2.20. The van der Waals surface area contributed by atoms with E-state index in [1.165, 1.54) is 82.4 Å². The summed E-state index contributed by atoms with van der Waals surface area (Å²) in [6, 6.07) is 59.7. The van der Waals surface area contributed by atoms with Crippen molar-refractivity contribution in [3.63, 3.8) is 0 Å². The number of hydrogen-bond acceptors (Lipinski definition) is 1. The Morgan fingerprint density at radius 1 is 0.362 bits per heavy atom. The number of anilines is 2. The summed E-state index contributed by atoms with van der Waals surface area (Å²) in [6.07, 6.45) is 6.62. The first-order valence-electron chi connectivity index (χ1n) is 16.5. The molecule has 0 atom stereocenters. The van der Waals surface area contributed by atoms with Gasteiger partial charge in [0.05, 0.1) is 0 Å². The molecule has 0 aromatic heterocycles. The highest BCUT2D eigenvalue weighted by Crippen LogP contribution is 2.41. The standard InChI is InChI=1S/C46H33N/c1-2-14-36(15-3-1)47(37-26-22-32(23-27-37)45-30-34-12-4-6-16-39(34)41-18-8-10-20-43(41)45)38-28-24-33(25-29-38)46-31-35-13-5-7-17-40(35)42-19-9-11-21-44(42)46/h1-24,26-28,30-31H,25,29H2. The fourth-order valence-electron chi connectivity index (χ4n) is 7.50. The molecule has 0 amide bonds. The van der Waals surface area contributed by atoms with E-state index in [4.69, 9.17) is 0 Å². The Morgan fingerprint density at radius 2 is 0.851 bits per heavy atom. The van der Waals surface area contributed by atoms with Crippen LogP contribution < -0.4 is 4.90 Å². The summed E-state index contributed by atoms with van der Waals surface area (Å²) in [6.45, 7) is 0. The smallest absolute Gasteiger partial charge is 0.0458 e. The fourth-order valence-corrected chi connectivity index (χ4v) is 7.50. The Balaban J connectivity index is 1.12. The van der Waals surface area contributed by atoms with Gasteiger partial charge in [0.15, 0.2) is 0 Å². The Kier molecular flexibility index (Phi) is 6.68. The SMILES string of the molecule is C1=C(c2cc3ccccc3c3ccccc23)CCC(N(c2ccccc2)c2ccc(-c3cc4ccccc4c4ccccc34)cc2)=C1. The van der Waals surface area contributed by atoms with Gasteiger partial charge in [0.1, 0.15) is 0 Å². The van der Waals surface area contributed by atoms with E-state index in [0.29, 0.717) is 0 Å². The van der Waals surface area contributed by atoms with Crippen LogP contribution in [0.5, 0.6) is 0 Å². The van der Waals surface area contributed by atoms with Gasteiger partial charge in [-0.15, -0.1) is 0 Å². The zero-order valence-corrected chi connectivity index (χ0v) is 26.1. The summed E-state index contributed by atoms with van der Waals surface area (Å²) < 4.78 is 0. The van der Waals surface area contributed by atoms with Gasteiger partial charge in [-0.05, 0) is 121 Å². The molecule has 0 radical (unpaired) electrons. The first-order chi connectivity index (χ1) is 23.3. The minimum absolute atomic E-state index is 0.957. The maximum absolute atomic E-state index is 2.42. The average Bonchev–Trinajstić information content (AvgIpc) is 3.15. The molecule has 0 fully saturated rings. The van der Waals surface area contributed by atoms with E-state index < -0.39 is 0 Å². The predicted octanol–water partition coefficient (Wildman–Crippen LogP) is 12.9. The lowest BCUT2D eigenvalue weighted by Crippen LogP contribution is -2.17. The van der Waals surface area contributed by atoms with E-state index in [9.17, 15) is 0 Å². The van der Waals surface area contributed by atoms with Crippen LogP contribution in [0.4, 0.5) is 11.4 Å². The Morgan fingerprint density at radius 3 is 1.45 bits per heavy atom. The Hall–Kier alpha value is -5.92. The minimum Gasteiger partial charge on any atom is -0.314 e. The molecule has 9 rings (SSSR count). The van der Waals surface area contributed by atoms with Crippen LogP contribution in [-0.2, 0) is 0 Å². The van der Waals surface area contributed by atoms with Crippen molar-refractivity contribution in [3.05, 3.63) is 187 Å². The molecule has 0 N–H and O–H groups in total. The van der Waals surface area contributed by atoms with E-state index in [-0.39, 0.29) is 0 Å². The number of rotatable bonds is 5. The first kappa shape index (κ1) is 27.4. The van der Waals surface area contributed by atoms with Gasteiger partial charge in [-0.3, -0.25) is 0 Å². The van der Waals surface area contributed by atoms with Crippen molar-refractivity contribution in [1.29, 1.82) is 0 Å². The van der Waals surface area contributed by atoms with Gasteiger partial charge in [-0.1, -0.05) is 133 Å². The quantitative estimate of drug-likeness (QED) is 0.178. The van der Waals surface area contributed by atoms with Crippen LogP contribution in [0.25, 0.3) is 59.8 Å². The maximum Gasteiger partial charge on any atom is 0.0458 e. The molecule has 222 valence electrons. The van der Waals surface area contributed by atoms with Crippen LogP contribution in [0.2, 0.25) is 0 Å². The fraction of sp³-hybridized carbons (Fsp3) is 0.0435. The van der Waals surface area contributed by atoms with Crippen molar-refractivity contribution in [3.8, 4) is 11.1 Å². The second-order valence-corrected chi connectivity index (χ2v) is 12.4. The Bertz CT molecular complexity index is 2500. The summed E-state index contributed by atoms with van der Waals surface area (Å²) in [5.41, 5.74) is 8.87. The normalized spacial score (nSPS) is 13.2. The van der Waals surface area contributed by atoms with Gasteiger partial charge < -0.3 is 4.90 Å². The molecule has 8 aromatic rings. The van der Waals surface area contributed by atoms with Gasteiger partial charge >= 0.3 is 0 Å². The molecule has 1 aliphatic carbocycles. The summed E-state index contributed by atoms with van der Waals surface area (Å²) >= 11 is 0. The van der Waals surface area contributed by atoms with E-state index in [2.05, 4.69) is 181 Å². The van der Waals surface area contributed by atoms with E-state index >= 15 is 0 Å². The highest BCUT2D eigenvalue weighted by molar-refractivity contribution is 6.14. The van der Waals surface area contributed by atoms with Crippen molar-refractivity contribution in [2.24, 2.45) is 0 Å². The molecule has 0 aliphatic heterocycles. The van der Waals surface area contributed by atoms with E-state index in [1.807, 2.05) is 0 Å². The predicted molar refractivity (Wildman–Crippen MR) is 202 cm³/mol. The molecule has 1 nitrogen and oxygen atoms in total. The second kappa shape index (κ2) is 11.5. The molecule has 0 unspecified atom stereocenters. The minimum atomic E-state index is 0.957. The molecule has 1 heteroatoms. The molecule has 47 heavy (non-hydrogen) atoms. The number of allylic oxidation sites excluding steroid dienone is 4. The number of para-hydroxylation sites is 1. The lowest BCUT2D eigenvalue weighted by molar-refractivity contribution is 0.931. The van der Waals surface area contributed by atoms with Crippen LogP contribution in [0.1, 0.15) is 18.4 Å². The van der Waals surface area contributed by atoms with Crippen LogP contribution >= 0.6 is 0 Å².